The van der Waals surface area contributed by atoms with E-state index in [0.29, 0.717) is 18.4 Å². The summed E-state index contributed by atoms with van der Waals surface area (Å²) >= 11 is 3.39. The molecule has 0 N–H and O–H groups in total. The number of hydrogen-bond acceptors (Lipinski definition) is 3. The smallest absolute Gasteiger partial charge is 0.166 e. The van der Waals surface area contributed by atoms with Crippen molar-refractivity contribution in [2.75, 3.05) is 6.26 Å². The van der Waals surface area contributed by atoms with E-state index in [1.807, 2.05) is 25.1 Å². The lowest BCUT2D eigenvalue weighted by Gasteiger charge is -2.27. The van der Waals surface area contributed by atoms with Gasteiger partial charge in [-0.1, -0.05) is 28.4 Å². The predicted octanol–water partition coefficient (Wildman–Crippen LogP) is 3.54. The van der Waals surface area contributed by atoms with Crippen molar-refractivity contribution in [1.82, 2.24) is 0 Å². The lowest BCUT2D eigenvalue weighted by atomic mass is 9.82. The van der Waals surface area contributed by atoms with Crippen molar-refractivity contribution in [3.05, 3.63) is 33.8 Å². The Bertz CT molecular complexity index is 622. The van der Waals surface area contributed by atoms with Gasteiger partial charge in [-0.25, -0.2) is 8.42 Å². The molecule has 1 aromatic rings. The van der Waals surface area contributed by atoms with Crippen LogP contribution in [0.5, 0.6) is 0 Å². The average molecular weight is 359 g/mol. The van der Waals surface area contributed by atoms with Gasteiger partial charge in [-0.3, -0.25) is 4.79 Å². The van der Waals surface area contributed by atoms with Crippen LogP contribution < -0.4 is 0 Å². The van der Waals surface area contributed by atoms with Crippen LogP contribution in [0.1, 0.15) is 41.6 Å². The zero-order valence-electron chi connectivity index (χ0n) is 11.7. The third-order valence-electron chi connectivity index (χ3n) is 4.06. The van der Waals surface area contributed by atoms with Gasteiger partial charge >= 0.3 is 0 Å². The number of Topliss-reactive ketones (excluding diaryl/α,β-unsaturated/α-hetero) is 1. The monoisotopic (exact) mass is 358 g/mol. The Labute approximate surface area is 128 Å². The van der Waals surface area contributed by atoms with Crippen LogP contribution in [0.2, 0.25) is 0 Å². The Balaban J connectivity index is 2.21. The summed E-state index contributed by atoms with van der Waals surface area (Å²) in [6.45, 7) is 1.91. The maximum atomic E-state index is 12.6. The Morgan fingerprint density at radius 2 is 2.00 bits per heavy atom. The van der Waals surface area contributed by atoms with Crippen molar-refractivity contribution in [2.45, 2.75) is 37.9 Å². The maximum absolute atomic E-state index is 12.6. The third kappa shape index (κ3) is 3.50. The molecule has 5 heteroatoms. The standard InChI is InChI=1S/C15H19BrO3S/c1-10-8-12(16)6-7-14(10)15(17)11-4-3-5-13(9-11)20(2,18)19/h6-8,11,13H,3-5,9H2,1-2H3. The molecule has 2 atom stereocenters. The van der Waals surface area contributed by atoms with Gasteiger partial charge in [-0.2, -0.15) is 0 Å². The van der Waals surface area contributed by atoms with Gasteiger partial charge in [-0.15, -0.1) is 0 Å². The highest BCUT2D eigenvalue weighted by atomic mass is 79.9. The number of rotatable bonds is 3. The van der Waals surface area contributed by atoms with Crippen molar-refractivity contribution in [1.29, 1.82) is 0 Å². The van der Waals surface area contributed by atoms with Gasteiger partial charge in [0, 0.05) is 22.2 Å². The van der Waals surface area contributed by atoms with Crippen LogP contribution in [-0.2, 0) is 9.84 Å². The van der Waals surface area contributed by atoms with Crippen LogP contribution in [0.4, 0.5) is 0 Å². The van der Waals surface area contributed by atoms with Gasteiger partial charge in [0.05, 0.1) is 5.25 Å². The normalized spacial score (nSPS) is 23.6. The van der Waals surface area contributed by atoms with Crippen molar-refractivity contribution >= 4 is 31.6 Å². The van der Waals surface area contributed by atoms with Crippen LogP contribution in [0.25, 0.3) is 0 Å². The first-order valence-corrected chi connectivity index (χ1v) is 9.53. The predicted molar refractivity (Wildman–Crippen MR) is 83.8 cm³/mol. The molecule has 0 aliphatic heterocycles. The summed E-state index contributed by atoms with van der Waals surface area (Å²) in [6.07, 6.45) is 4.02. The molecule has 1 aliphatic rings. The summed E-state index contributed by atoms with van der Waals surface area (Å²) in [7, 11) is -3.05. The van der Waals surface area contributed by atoms with Gasteiger partial charge in [-0.05, 0) is 43.9 Å². The van der Waals surface area contributed by atoms with E-state index in [2.05, 4.69) is 15.9 Å². The zero-order valence-corrected chi connectivity index (χ0v) is 14.1. The molecule has 1 fully saturated rings. The van der Waals surface area contributed by atoms with Crippen LogP contribution in [0.15, 0.2) is 22.7 Å². The molecular formula is C15H19BrO3S. The fourth-order valence-corrected chi connectivity index (χ4v) is 4.55. The lowest BCUT2D eigenvalue weighted by Crippen LogP contribution is -2.31. The first kappa shape index (κ1) is 15.7. The molecule has 20 heavy (non-hydrogen) atoms. The maximum Gasteiger partial charge on any atom is 0.166 e. The van der Waals surface area contributed by atoms with Crippen LogP contribution in [0, 0.1) is 12.8 Å². The summed E-state index contributed by atoms with van der Waals surface area (Å²) in [5, 5.41) is -0.360. The molecule has 1 aromatic carbocycles. The van der Waals surface area contributed by atoms with E-state index in [4.69, 9.17) is 0 Å². The second kappa shape index (κ2) is 5.98. The third-order valence-corrected chi connectivity index (χ3v) is 6.19. The van der Waals surface area contributed by atoms with E-state index in [1.165, 1.54) is 6.26 Å². The van der Waals surface area contributed by atoms with E-state index < -0.39 is 9.84 Å². The molecular weight excluding hydrogens is 340 g/mol. The number of ketones is 1. The molecule has 0 amide bonds. The van der Waals surface area contributed by atoms with Gasteiger partial charge in [0.25, 0.3) is 0 Å². The summed E-state index contributed by atoms with van der Waals surface area (Å²) in [5.41, 5.74) is 1.65. The molecule has 0 radical (unpaired) electrons. The zero-order chi connectivity index (χ0) is 14.9. The van der Waals surface area contributed by atoms with E-state index >= 15 is 0 Å². The first-order chi connectivity index (χ1) is 9.29. The molecule has 1 saturated carbocycles. The molecule has 0 saturated heterocycles. The molecule has 3 nitrogen and oxygen atoms in total. The average Bonchev–Trinajstić information content (AvgIpc) is 2.37. The Hall–Kier alpha value is -0.680. The number of hydrogen-bond donors (Lipinski definition) is 0. The van der Waals surface area contributed by atoms with Crippen LogP contribution in [0.3, 0.4) is 0 Å². The Kier molecular flexibility index (Phi) is 4.69. The highest BCUT2D eigenvalue weighted by molar-refractivity contribution is 9.10. The molecule has 0 aromatic heterocycles. The van der Waals surface area contributed by atoms with Crippen LogP contribution in [-0.4, -0.2) is 25.7 Å². The SMILES string of the molecule is Cc1cc(Br)ccc1C(=O)C1CCCC(S(C)(=O)=O)C1. The molecule has 2 unspecified atom stereocenters. The van der Waals surface area contributed by atoms with Gasteiger partial charge in [0.1, 0.15) is 9.84 Å². The number of halogens is 1. The van der Waals surface area contributed by atoms with Gasteiger partial charge in [0.2, 0.25) is 0 Å². The number of benzene rings is 1. The molecule has 110 valence electrons. The highest BCUT2D eigenvalue weighted by Gasteiger charge is 2.33. The minimum atomic E-state index is -3.05. The van der Waals surface area contributed by atoms with Crippen molar-refractivity contribution in [2.24, 2.45) is 5.92 Å². The van der Waals surface area contributed by atoms with Gasteiger partial charge < -0.3 is 0 Å². The minimum Gasteiger partial charge on any atom is -0.294 e. The lowest BCUT2D eigenvalue weighted by molar-refractivity contribution is 0.0890. The summed E-state index contributed by atoms with van der Waals surface area (Å²) in [4.78, 5) is 12.6. The number of carbonyl (C=O) groups excluding carboxylic acids is 1. The topological polar surface area (TPSA) is 51.2 Å². The second-order valence-corrected chi connectivity index (χ2v) is 8.88. The first-order valence-electron chi connectivity index (χ1n) is 6.78. The van der Waals surface area contributed by atoms with E-state index in [-0.39, 0.29) is 17.0 Å². The highest BCUT2D eigenvalue weighted by Crippen LogP contribution is 2.31. The van der Waals surface area contributed by atoms with E-state index in [9.17, 15) is 13.2 Å². The molecule has 2 rings (SSSR count). The van der Waals surface area contributed by atoms with Crippen molar-refractivity contribution in [3.8, 4) is 0 Å². The minimum absolute atomic E-state index is 0.0864. The summed E-state index contributed by atoms with van der Waals surface area (Å²) in [6, 6.07) is 5.60. The molecule has 0 spiro atoms. The van der Waals surface area contributed by atoms with Gasteiger partial charge in [0.15, 0.2) is 5.78 Å². The van der Waals surface area contributed by atoms with Crippen molar-refractivity contribution < 1.29 is 13.2 Å². The summed E-state index contributed by atoms with van der Waals surface area (Å²) < 4.78 is 24.3. The second-order valence-electron chi connectivity index (χ2n) is 5.64. The summed E-state index contributed by atoms with van der Waals surface area (Å²) in [5.74, 6) is -0.0771. The number of sulfone groups is 1. The molecule has 0 heterocycles. The fraction of sp³-hybridized carbons (Fsp3) is 0.533. The molecule has 1 aliphatic carbocycles. The van der Waals surface area contributed by atoms with Crippen molar-refractivity contribution in [3.63, 3.8) is 0 Å². The quantitative estimate of drug-likeness (QED) is 0.776. The number of carbonyl (C=O) groups is 1. The van der Waals surface area contributed by atoms with E-state index in [0.717, 1.165) is 22.9 Å². The molecule has 0 bridgehead atoms. The van der Waals surface area contributed by atoms with E-state index in [1.54, 1.807) is 0 Å². The Morgan fingerprint density at radius 3 is 2.60 bits per heavy atom. The Morgan fingerprint density at radius 1 is 1.30 bits per heavy atom. The fourth-order valence-electron chi connectivity index (χ4n) is 2.90. The largest absolute Gasteiger partial charge is 0.294 e. The van der Waals surface area contributed by atoms with Crippen LogP contribution >= 0.6 is 15.9 Å². The number of aryl methyl sites for hydroxylation is 1.